The molecule has 0 aliphatic heterocycles. The monoisotopic (exact) mass is 371 g/mol. The van der Waals surface area contributed by atoms with E-state index in [0.29, 0.717) is 0 Å². The third kappa shape index (κ3) is 5.19. The van der Waals surface area contributed by atoms with Gasteiger partial charge < -0.3 is 0 Å². The zero-order valence-electron chi connectivity index (χ0n) is 18.2. The van der Waals surface area contributed by atoms with E-state index in [1.54, 1.807) is 0 Å². The summed E-state index contributed by atoms with van der Waals surface area (Å²) >= 11 is 0. The molecule has 0 N–H and O–H groups in total. The van der Waals surface area contributed by atoms with Gasteiger partial charge in [-0.3, -0.25) is 4.99 Å². The topological polar surface area (TPSA) is 12.4 Å². The molecule has 146 valence electrons. The summed E-state index contributed by atoms with van der Waals surface area (Å²) in [5.41, 5.74) is 10.5. The molecule has 3 aromatic carbocycles. The van der Waals surface area contributed by atoms with Crippen LogP contribution in [0.25, 0.3) is 11.1 Å². The van der Waals surface area contributed by atoms with Crippen LogP contribution < -0.4 is 0 Å². The highest BCUT2D eigenvalue weighted by Gasteiger charge is 2.15. The molecule has 3 aromatic rings. The van der Waals surface area contributed by atoms with Gasteiger partial charge >= 0.3 is 0 Å². The van der Waals surface area contributed by atoms with Crippen LogP contribution in [0.4, 0.5) is 5.69 Å². The minimum atomic E-state index is 0.999. The fraction of sp³-hybridized carbons (Fsp3) is 0.296. The van der Waals surface area contributed by atoms with Gasteiger partial charge in [-0.1, -0.05) is 81.3 Å². The Hall–Kier alpha value is -2.67. The fourth-order valence-corrected chi connectivity index (χ4v) is 3.40. The first kappa shape index (κ1) is 21.6. The second-order valence-corrected chi connectivity index (χ2v) is 6.67. The van der Waals surface area contributed by atoms with Gasteiger partial charge in [-0.2, -0.15) is 0 Å². The third-order valence-corrected chi connectivity index (χ3v) is 4.74. The second-order valence-electron chi connectivity index (χ2n) is 6.67. The van der Waals surface area contributed by atoms with Crippen LogP contribution in [-0.4, -0.2) is 6.21 Å². The van der Waals surface area contributed by atoms with Crippen LogP contribution in [-0.2, 0) is 12.8 Å². The maximum atomic E-state index is 4.60. The van der Waals surface area contributed by atoms with E-state index in [2.05, 4.69) is 79.5 Å². The summed E-state index contributed by atoms with van der Waals surface area (Å²) in [6.07, 6.45) is 4.20. The van der Waals surface area contributed by atoms with Crippen molar-refractivity contribution < 1.29 is 0 Å². The molecule has 0 unspecified atom stereocenters. The van der Waals surface area contributed by atoms with Crippen molar-refractivity contribution in [3.05, 3.63) is 88.5 Å². The molecule has 0 atom stereocenters. The van der Waals surface area contributed by atoms with Crippen molar-refractivity contribution in [3.63, 3.8) is 0 Å². The molecule has 1 aliphatic rings. The van der Waals surface area contributed by atoms with Gasteiger partial charge in [0.05, 0.1) is 5.69 Å². The molecule has 0 saturated heterocycles. The molecule has 0 aromatic heterocycles. The molecular formula is C27H33N. The Bertz CT molecular complexity index is 917. The normalized spacial score (nSPS) is 11.5. The van der Waals surface area contributed by atoms with Crippen molar-refractivity contribution in [2.24, 2.45) is 4.99 Å². The molecule has 0 spiro atoms. The van der Waals surface area contributed by atoms with Gasteiger partial charge in [0, 0.05) is 6.21 Å². The number of rotatable bonds is 2. The minimum Gasteiger partial charge on any atom is -0.256 e. The fourth-order valence-electron chi connectivity index (χ4n) is 3.40. The lowest BCUT2D eigenvalue weighted by Crippen LogP contribution is -2.04. The Morgan fingerprint density at radius 2 is 1.18 bits per heavy atom. The van der Waals surface area contributed by atoms with Crippen LogP contribution in [0.5, 0.6) is 0 Å². The van der Waals surface area contributed by atoms with E-state index in [0.717, 1.165) is 18.5 Å². The van der Waals surface area contributed by atoms with E-state index in [9.17, 15) is 0 Å². The maximum Gasteiger partial charge on any atom is 0.0630 e. The van der Waals surface area contributed by atoms with Gasteiger partial charge in [0.1, 0.15) is 0 Å². The van der Waals surface area contributed by atoms with Crippen LogP contribution >= 0.6 is 0 Å². The van der Waals surface area contributed by atoms with Gasteiger partial charge in [-0.05, 0) is 72.7 Å². The van der Waals surface area contributed by atoms with Gasteiger partial charge in [-0.25, -0.2) is 0 Å². The summed E-state index contributed by atoms with van der Waals surface area (Å²) in [6, 6.07) is 21.8. The van der Waals surface area contributed by atoms with Crippen molar-refractivity contribution >= 4 is 11.9 Å². The van der Waals surface area contributed by atoms with Crippen LogP contribution in [0.3, 0.4) is 0 Å². The first-order valence-electron chi connectivity index (χ1n) is 10.5. The number of nitrogens with zero attached hydrogens (tertiary/aromatic N) is 1. The summed E-state index contributed by atoms with van der Waals surface area (Å²) < 4.78 is 0. The predicted octanol–water partition coefficient (Wildman–Crippen LogP) is 7.87. The van der Waals surface area contributed by atoms with E-state index < -0.39 is 0 Å². The molecule has 1 aliphatic carbocycles. The third-order valence-electron chi connectivity index (χ3n) is 4.74. The molecule has 0 amide bonds. The summed E-state index contributed by atoms with van der Waals surface area (Å²) in [6.45, 7) is 12.3. The van der Waals surface area contributed by atoms with Crippen molar-refractivity contribution in [1.29, 1.82) is 0 Å². The Kier molecular flexibility index (Phi) is 8.19. The highest BCUT2D eigenvalue weighted by molar-refractivity contribution is 5.85. The van der Waals surface area contributed by atoms with Crippen LogP contribution in [0.1, 0.15) is 55.5 Å². The Labute approximate surface area is 171 Å². The number of hydrogen-bond donors (Lipinski definition) is 0. The van der Waals surface area contributed by atoms with Crippen molar-refractivity contribution in [1.82, 2.24) is 0 Å². The largest absolute Gasteiger partial charge is 0.256 e. The lowest BCUT2D eigenvalue weighted by Gasteiger charge is -2.20. The van der Waals surface area contributed by atoms with Crippen LogP contribution in [0.15, 0.2) is 65.7 Å². The molecule has 0 saturated carbocycles. The first-order chi connectivity index (χ1) is 13.7. The highest BCUT2D eigenvalue weighted by Crippen LogP contribution is 2.34. The SMILES string of the molecule is CC.CC.Cc1ccc(N=Cc2ccc3c(c2)CCc2cc(C)ccc2-3)cc1. The number of aliphatic imine (C=N–C) groups is 1. The van der Waals surface area contributed by atoms with Crippen LogP contribution in [0, 0.1) is 13.8 Å². The average molecular weight is 372 g/mol. The van der Waals surface area contributed by atoms with Crippen molar-refractivity contribution in [2.45, 2.75) is 54.4 Å². The molecule has 28 heavy (non-hydrogen) atoms. The number of fused-ring (bicyclic) bond motifs is 3. The Morgan fingerprint density at radius 1 is 0.643 bits per heavy atom. The molecule has 0 fully saturated rings. The van der Waals surface area contributed by atoms with E-state index in [4.69, 9.17) is 0 Å². The minimum absolute atomic E-state index is 0.999. The van der Waals surface area contributed by atoms with Gasteiger partial charge in [-0.15, -0.1) is 0 Å². The smallest absolute Gasteiger partial charge is 0.0630 e. The van der Waals surface area contributed by atoms with Crippen molar-refractivity contribution in [3.8, 4) is 11.1 Å². The lowest BCUT2D eigenvalue weighted by molar-refractivity contribution is 0.939. The zero-order chi connectivity index (χ0) is 20.5. The van der Waals surface area contributed by atoms with Crippen LogP contribution in [0.2, 0.25) is 0 Å². The maximum absolute atomic E-state index is 4.60. The Morgan fingerprint density at radius 3 is 1.82 bits per heavy atom. The molecule has 1 heteroatoms. The quantitative estimate of drug-likeness (QED) is 0.406. The second kappa shape index (κ2) is 10.6. The van der Waals surface area contributed by atoms with E-state index >= 15 is 0 Å². The van der Waals surface area contributed by atoms with Crippen molar-refractivity contribution in [2.75, 3.05) is 0 Å². The molecule has 4 rings (SSSR count). The standard InChI is InChI=1S/C23H21N.2C2H6/c1-16-3-9-21(10-4-16)24-15-18-6-12-23-20(14-18)8-7-19-13-17(2)5-11-22(19)23;2*1-2/h3-6,9-15H,7-8H2,1-2H3;2*1-2H3. The summed E-state index contributed by atoms with van der Waals surface area (Å²) in [5.74, 6) is 0. The van der Waals surface area contributed by atoms with E-state index in [-0.39, 0.29) is 0 Å². The number of hydrogen-bond acceptors (Lipinski definition) is 1. The summed E-state index contributed by atoms with van der Waals surface area (Å²) in [7, 11) is 0. The lowest BCUT2D eigenvalue weighted by atomic mass is 9.84. The predicted molar refractivity (Wildman–Crippen MR) is 125 cm³/mol. The first-order valence-corrected chi connectivity index (χ1v) is 10.5. The Balaban J connectivity index is 0.000000660. The molecular weight excluding hydrogens is 338 g/mol. The highest BCUT2D eigenvalue weighted by atomic mass is 14.7. The molecule has 0 heterocycles. The van der Waals surface area contributed by atoms with Gasteiger partial charge in [0.15, 0.2) is 0 Å². The zero-order valence-corrected chi connectivity index (χ0v) is 18.2. The van der Waals surface area contributed by atoms with E-state index in [1.807, 2.05) is 33.9 Å². The molecule has 0 radical (unpaired) electrons. The molecule has 1 nitrogen and oxygen atoms in total. The molecule has 0 bridgehead atoms. The average Bonchev–Trinajstić information content (AvgIpc) is 2.75. The summed E-state index contributed by atoms with van der Waals surface area (Å²) in [4.78, 5) is 4.60. The van der Waals surface area contributed by atoms with Gasteiger partial charge in [0.25, 0.3) is 0 Å². The summed E-state index contributed by atoms with van der Waals surface area (Å²) in [5, 5.41) is 0. The van der Waals surface area contributed by atoms with Gasteiger partial charge in [0.2, 0.25) is 0 Å². The van der Waals surface area contributed by atoms with E-state index in [1.165, 1.54) is 38.9 Å². The number of benzene rings is 3. The number of aryl methyl sites for hydroxylation is 4.